The molecule has 0 heterocycles. The fourth-order valence-electron chi connectivity index (χ4n) is 1.91. The van der Waals surface area contributed by atoms with Gasteiger partial charge < -0.3 is 10.1 Å². The molecule has 0 fully saturated rings. The van der Waals surface area contributed by atoms with Gasteiger partial charge in [-0.1, -0.05) is 23.7 Å². The topological polar surface area (TPSA) is 102 Å². The van der Waals surface area contributed by atoms with Crippen molar-refractivity contribution in [1.29, 1.82) is 0 Å². The highest BCUT2D eigenvalue weighted by atomic mass is 35.5. The molecular weight excluding hydrogens is 368 g/mol. The van der Waals surface area contributed by atoms with Gasteiger partial charge in [0.1, 0.15) is 4.90 Å². The second-order valence-corrected chi connectivity index (χ2v) is 7.01. The number of anilines is 1. The molecule has 7 nitrogen and oxygen atoms in total. The van der Waals surface area contributed by atoms with Gasteiger partial charge in [0.05, 0.1) is 24.2 Å². The summed E-state index contributed by atoms with van der Waals surface area (Å²) in [6, 6.07) is 11.9. The minimum atomic E-state index is -3.90. The van der Waals surface area contributed by atoms with Crippen molar-refractivity contribution in [3.8, 4) is 0 Å². The molecule has 0 saturated carbocycles. The standard InChI is InChI=1S/C16H15ClN2O5S/c1-24-16(21)11-6-8-12(9-7-11)19-15(20)10-18-25(22,23)14-5-3-2-4-13(14)17/h2-9,18H,10H2,1H3,(H,19,20). The molecule has 0 radical (unpaired) electrons. The highest BCUT2D eigenvalue weighted by Gasteiger charge is 2.18. The number of sulfonamides is 1. The zero-order valence-corrected chi connectivity index (χ0v) is 14.7. The van der Waals surface area contributed by atoms with Crippen molar-refractivity contribution in [3.63, 3.8) is 0 Å². The van der Waals surface area contributed by atoms with Gasteiger partial charge in [0.2, 0.25) is 15.9 Å². The maximum atomic E-state index is 12.1. The van der Waals surface area contributed by atoms with Gasteiger partial charge in [-0.3, -0.25) is 4.79 Å². The SMILES string of the molecule is COC(=O)c1ccc(NC(=O)CNS(=O)(=O)c2ccccc2Cl)cc1. The maximum Gasteiger partial charge on any atom is 0.337 e. The molecule has 0 atom stereocenters. The zero-order valence-electron chi connectivity index (χ0n) is 13.2. The van der Waals surface area contributed by atoms with Crippen molar-refractivity contribution in [3.05, 3.63) is 59.1 Å². The number of benzene rings is 2. The third-order valence-electron chi connectivity index (χ3n) is 3.14. The first-order valence-corrected chi connectivity index (χ1v) is 8.92. The molecule has 0 aliphatic carbocycles. The molecule has 0 saturated heterocycles. The van der Waals surface area contributed by atoms with Gasteiger partial charge in [0, 0.05) is 5.69 Å². The van der Waals surface area contributed by atoms with Crippen LogP contribution in [0.25, 0.3) is 0 Å². The Morgan fingerprint density at radius 1 is 1.08 bits per heavy atom. The first-order chi connectivity index (χ1) is 11.8. The quantitative estimate of drug-likeness (QED) is 0.744. The van der Waals surface area contributed by atoms with E-state index in [0.717, 1.165) is 0 Å². The third kappa shape index (κ3) is 5.02. The number of ether oxygens (including phenoxy) is 1. The van der Waals surface area contributed by atoms with Gasteiger partial charge in [0.15, 0.2) is 0 Å². The Hall–Kier alpha value is -2.42. The first-order valence-electron chi connectivity index (χ1n) is 7.06. The summed E-state index contributed by atoms with van der Waals surface area (Å²) >= 11 is 5.85. The highest BCUT2D eigenvalue weighted by molar-refractivity contribution is 7.89. The lowest BCUT2D eigenvalue weighted by Crippen LogP contribution is -2.33. The van der Waals surface area contributed by atoms with E-state index in [4.69, 9.17) is 11.6 Å². The summed E-state index contributed by atoms with van der Waals surface area (Å²) < 4.78 is 31.0. The molecule has 0 aliphatic heterocycles. The fourth-order valence-corrected chi connectivity index (χ4v) is 3.41. The van der Waals surface area contributed by atoms with Gasteiger partial charge in [-0.25, -0.2) is 17.9 Å². The van der Waals surface area contributed by atoms with E-state index in [2.05, 4.69) is 14.8 Å². The van der Waals surface area contributed by atoms with Gasteiger partial charge in [0.25, 0.3) is 0 Å². The molecule has 9 heteroatoms. The second-order valence-electron chi connectivity index (χ2n) is 4.87. The molecule has 0 spiro atoms. The summed E-state index contributed by atoms with van der Waals surface area (Å²) in [4.78, 5) is 23.1. The van der Waals surface area contributed by atoms with E-state index in [1.165, 1.54) is 49.6 Å². The van der Waals surface area contributed by atoms with Crippen LogP contribution in [0.5, 0.6) is 0 Å². The Morgan fingerprint density at radius 3 is 2.32 bits per heavy atom. The minimum Gasteiger partial charge on any atom is -0.465 e. The van der Waals surface area contributed by atoms with Crippen LogP contribution >= 0.6 is 11.6 Å². The van der Waals surface area contributed by atoms with Gasteiger partial charge in [-0.2, -0.15) is 0 Å². The number of amides is 1. The minimum absolute atomic E-state index is 0.0637. The average Bonchev–Trinajstić information content (AvgIpc) is 2.60. The number of carbonyl (C=O) groups excluding carboxylic acids is 2. The second kappa shape index (κ2) is 8.11. The molecule has 132 valence electrons. The van der Waals surface area contributed by atoms with Gasteiger partial charge >= 0.3 is 5.97 Å². The van der Waals surface area contributed by atoms with E-state index < -0.39 is 28.4 Å². The lowest BCUT2D eigenvalue weighted by molar-refractivity contribution is -0.115. The molecule has 0 unspecified atom stereocenters. The molecule has 2 aromatic rings. The van der Waals surface area contributed by atoms with Crippen molar-refractivity contribution in [2.75, 3.05) is 19.0 Å². The van der Waals surface area contributed by atoms with Crippen LogP contribution in [-0.2, 0) is 19.6 Å². The molecule has 2 aromatic carbocycles. The van der Waals surface area contributed by atoms with Crippen molar-refractivity contribution < 1.29 is 22.7 Å². The van der Waals surface area contributed by atoms with Crippen LogP contribution in [0.2, 0.25) is 5.02 Å². The number of esters is 1. The normalized spacial score (nSPS) is 11.0. The largest absolute Gasteiger partial charge is 0.465 e. The van der Waals surface area contributed by atoms with Crippen molar-refractivity contribution in [2.45, 2.75) is 4.90 Å². The number of halogens is 1. The van der Waals surface area contributed by atoms with E-state index in [-0.39, 0.29) is 9.92 Å². The molecule has 0 bridgehead atoms. The lowest BCUT2D eigenvalue weighted by Gasteiger charge is -2.09. The third-order valence-corrected chi connectivity index (χ3v) is 5.04. The molecule has 2 N–H and O–H groups in total. The average molecular weight is 383 g/mol. The molecule has 2 rings (SSSR count). The van der Waals surface area contributed by atoms with Crippen LogP contribution in [0.3, 0.4) is 0 Å². The number of nitrogens with one attached hydrogen (secondary N) is 2. The Morgan fingerprint density at radius 2 is 1.72 bits per heavy atom. The van der Waals surface area contributed by atoms with Crippen molar-refractivity contribution in [1.82, 2.24) is 4.72 Å². The van der Waals surface area contributed by atoms with E-state index in [0.29, 0.717) is 11.3 Å². The maximum absolute atomic E-state index is 12.1. The molecule has 25 heavy (non-hydrogen) atoms. The van der Waals surface area contributed by atoms with E-state index >= 15 is 0 Å². The fraction of sp³-hybridized carbons (Fsp3) is 0.125. The summed E-state index contributed by atoms with van der Waals surface area (Å²) in [6.45, 7) is -0.466. The number of carbonyl (C=O) groups is 2. The summed E-state index contributed by atoms with van der Waals surface area (Å²) in [5, 5.41) is 2.58. The number of methoxy groups -OCH3 is 1. The van der Waals surface area contributed by atoms with Crippen LogP contribution < -0.4 is 10.0 Å². The Bertz CT molecular complexity index is 882. The monoisotopic (exact) mass is 382 g/mol. The summed E-state index contributed by atoms with van der Waals surface area (Å²) in [7, 11) is -2.64. The summed E-state index contributed by atoms with van der Waals surface area (Å²) in [5.74, 6) is -1.06. The van der Waals surface area contributed by atoms with Crippen LogP contribution in [0, 0.1) is 0 Å². The van der Waals surface area contributed by atoms with Gasteiger partial charge in [-0.05, 0) is 36.4 Å². The number of hydrogen-bond donors (Lipinski definition) is 2. The van der Waals surface area contributed by atoms with Crippen molar-refractivity contribution in [2.24, 2.45) is 0 Å². The molecule has 1 amide bonds. The molecule has 0 aliphatic rings. The van der Waals surface area contributed by atoms with Crippen LogP contribution in [0.4, 0.5) is 5.69 Å². The van der Waals surface area contributed by atoms with E-state index in [1.54, 1.807) is 6.07 Å². The molecule has 0 aromatic heterocycles. The number of hydrogen-bond acceptors (Lipinski definition) is 5. The first kappa shape index (κ1) is 18.9. The zero-order chi connectivity index (χ0) is 18.4. The van der Waals surface area contributed by atoms with Crippen molar-refractivity contribution >= 4 is 39.2 Å². The van der Waals surface area contributed by atoms with Crippen LogP contribution in [0.15, 0.2) is 53.4 Å². The van der Waals surface area contributed by atoms with Crippen LogP contribution in [-0.4, -0.2) is 33.9 Å². The van der Waals surface area contributed by atoms with E-state index in [9.17, 15) is 18.0 Å². The Labute approximate surface area is 150 Å². The van der Waals surface area contributed by atoms with Crippen LogP contribution in [0.1, 0.15) is 10.4 Å². The van der Waals surface area contributed by atoms with Gasteiger partial charge in [-0.15, -0.1) is 0 Å². The Kier molecular flexibility index (Phi) is 6.13. The smallest absolute Gasteiger partial charge is 0.337 e. The number of rotatable bonds is 6. The summed E-state index contributed by atoms with van der Waals surface area (Å²) in [6.07, 6.45) is 0. The predicted molar refractivity (Wildman–Crippen MR) is 93.1 cm³/mol. The lowest BCUT2D eigenvalue weighted by atomic mass is 10.2. The Balaban J connectivity index is 1.97. The molecular formula is C16H15ClN2O5S. The highest BCUT2D eigenvalue weighted by Crippen LogP contribution is 2.20. The predicted octanol–water partition coefficient (Wildman–Crippen LogP) is 2.04. The summed E-state index contributed by atoms with van der Waals surface area (Å²) in [5.41, 5.74) is 0.745. The van der Waals surface area contributed by atoms with E-state index in [1.807, 2.05) is 0 Å².